The Morgan fingerprint density at radius 1 is 1.00 bits per heavy atom. The molecule has 0 radical (unpaired) electrons. The van der Waals surface area contributed by atoms with Crippen LogP contribution in [-0.2, 0) is 9.59 Å². The molecule has 0 spiro atoms. The number of hydrogen-bond acceptors (Lipinski definition) is 7. The van der Waals surface area contributed by atoms with Crippen molar-refractivity contribution < 1.29 is 34.1 Å². The van der Waals surface area contributed by atoms with Crippen LogP contribution in [0.25, 0.3) is 16.8 Å². The molecule has 0 saturated carbocycles. The Morgan fingerprint density at radius 3 is 2.44 bits per heavy atom. The maximum atomic E-state index is 13.4. The first kappa shape index (κ1) is 25.5. The highest BCUT2D eigenvalue weighted by atomic mass is 16.5. The summed E-state index contributed by atoms with van der Waals surface area (Å²) in [7, 11) is 1.50. The van der Waals surface area contributed by atoms with Crippen molar-refractivity contribution in [2.45, 2.75) is 19.4 Å². The molecule has 5 rings (SSSR count). The number of rotatable bonds is 8. The van der Waals surface area contributed by atoms with Gasteiger partial charge in [-0.15, -0.1) is 0 Å². The van der Waals surface area contributed by atoms with E-state index >= 15 is 0 Å². The number of aliphatic hydroxyl groups excluding tert-OH is 1. The number of nitrogens with zero attached hydrogens (tertiary/aromatic N) is 2. The fourth-order valence-electron chi connectivity index (χ4n) is 4.51. The van der Waals surface area contributed by atoms with Crippen LogP contribution in [0.4, 0.5) is 5.95 Å². The number of imidazole rings is 1. The highest BCUT2D eigenvalue weighted by Crippen LogP contribution is 2.42. The summed E-state index contributed by atoms with van der Waals surface area (Å²) in [6, 6.07) is 16.7. The lowest BCUT2D eigenvalue weighted by Gasteiger charge is -2.23. The highest BCUT2D eigenvalue weighted by molar-refractivity contribution is 6.51. The van der Waals surface area contributed by atoms with Crippen molar-refractivity contribution in [2.24, 2.45) is 0 Å². The van der Waals surface area contributed by atoms with Gasteiger partial charge in [-0.1, -0.05) is 19.1 Å². The predicted molar refractivity (Wildman–Crippen MR) is 143 cm³/mol. The fraction of sp³-hybridized carbons (Fsp3) is 0.172. The van der Waals surface area contributed by atoms with E-state index in [1.54, 1.807) is 48.5 Å². The standard InChI is InChI=1S/C29H25N3O7/c1-3-13-39-19-10-7-16(8-11-19)25(33)23-24(17-5-4-6-20(14-17)38-2)32(27(35)26(23)34)29-30-21-12-9-18(28(36)37)15-22(21)31-29/h4-12,14-15,24,33H,3,13H2,1-2H3,(H,30,31)(H,36,37)/b25-23+. The molecule has 1 atom stereocenters. The Labute approximate surface area is 223 Å². The number of fused-ring (bicyclic) bond motifs is 1. The van der Waals surface area contributed by atoms with Crippen molar-refractivity contribution in [2.75, 3.05) is 18.6 Å². The summed E-state index contributed by atoms with van der Waals surface area (Å²) in [4.78, 5) is 46.9. The minimum absolute atomic E-state index is 0.0322. The van der Waals surface area contributed by atoms with Crippen molar-refractivity contribution in [1.29, 1.82) is 0 Å². The van der Waals surface area contributed by atoms with Crippen molar-refractivity contribution in [1.82, 2.24) is 9.97 Å². The highest BCUT2D eigenvalue weighted by Gasteiger charge is 2.48. The van der Waals surface area contributed by atoms with Gasteiger partial charge in [0.15, 0.2) is 0 Å². The Balaban J connectivity index is 1.66. The molecule has 1 aliphatic heterocycles. The number of carbonyl (C=O) groups excluding carboxylic acids is 2. The normalized spacial score (nSPS) is 16.6. The first-order chi connectivity index (χ1) is 18.8. The van der Waals surface area contributed by atoms with Gasteiger partial charge in [-0.25, -0.2) is 9.78 Å². The average molecular weight is 528 g/mol. The van der Waals surface area contributed by atoms with E-state index in [1.165, 1.54) is 30.2 Å². The monoisotopic (exact) mass is 527 g/mol. The Morgan fingerprint density at radius 2 is 1.74 bits per heavy atom. The van der Waals surface area contributed by atoms with Gasteiger partial charge in [-0.3, -0.25) is 14.5 Å². The first-order valence-corrected chi connectivity index (χ1v) is 12.2. The molecule has 0 bridgehead atoms. The number of aliphatic hydroxyl groups is 1. The summed E-state index contributed by atoms with van der Waals surface area (Å²) >= 11 is 0. The van der Waals surface area contributed by atoms with E-state index in [9.17, 15) is 24.6 Å². The number of nitrogens with one attached hydrogen (secondary N) is 1. The molecule has 0 aliphatic carbocycles. The molecule has 10 heteroatoms. The fourth-order valence-corrected chi connectivity index (χ4v) is 4.51. The smallest absolute Gasteiger partial charge is 0.335 e. The van der Waals surface area contributed by atoms with E-state index in [4.69, 9.17) is 9.47 Å². The summed E-state index contributed by atoms with van der Waals surface area (Å²) in [6.45, 7) is 2.53. The topological polar surface area (TPSA) is 142 Å². The number of carboxylic acids is 1. The number of benzene rings is 3. The van der Waals surface area contributed by atoms with Crippen molar-refractivity contribution in [3.05, 3.63) is 89.0 Å². The van der Waals surface area contributed by atoms with E-state index in [0.717, 1.165) is 6.42 Å². The summed E-state index contributed by atoms with van der Waals surface area (Å²) in [6.07, 6.45) is 0.838. The third-order valence-corrected chi connectivity index (χ3v) is 6.40. The maximum absolute atomic E-state index is 13.4. The summed E-state index contributed by atoms with van der Waals surface area (Å²) in [5.74, 6) is -2.12. The zero-order chi connectivity index (χ0) is 27.7. The quantitative estimate of drug-likeness (QED) is 0.170. The number of H-pyrrole nitrogens is 1. The van der Waals surface area contributed by atoms with Crippen LogP contribution >= 0.6 is 0 Å². The molecule has 3 N–H and O–H groups in total. The van der Waals surface area contributed by atoms with E-state index < -0.39 is 23.7 Å². The van der Waals surface area contributed by atoms with E-state index in [2.05, 4.69) is 9.97 Å². The van der Waals surface area contributed by atoms with Gasteiger partial charge in [-0.05, 0) is 66.6 Å². The summed E-state index contributed by atoms with van der Waals surface area (Å²) in [5.41, 5.74) is 1.53. The zero-order valence-corrected chi connectivity index (χ0v) is 21.2. The van der Waals surface area contributed by atoms with Crippen LogP contribution in [0.2, 0.25) is 0 Å². The van der Waals surface area contributed by atoms with Crippen LogP contribution in [-0.4, -0.2) is 51.6 Å². The predicted octanol–water partition coefficient (Wildman–Crippen LogP) is 4.68. The zero-order valence-electron chi connectivity index (χ0n) is 21.2. The second kappa shape index (κ2) is 10.3. The van der Waals surface area contributed by atoms with Gasteiger partial charge in [0.2, 0.25) is 5.95 Å². The van der Waals surface area contributed by atoms with E-state index in [1.807, 2.05) is 6.92 Å². The number of aromatic amines is 1. The minimum Gasteiger partial charge on any atom is -0.507 e. The molecule has 1 saturated heterocycles. The molecule has 2 heterocycles. The molecule has 1 aliphatic rings. The van der Waals surface area contributed by atoms with Gasteiger partial charge in [0, 0.05) is 5.56 Å². The Hall–Kier alpha value is -5.12. The van der Waals surface area contributed by atoms with Crippen LogP contribution in [0, 0.1) is 0 Å². The number of anilines is 1. The molecular formula is C29H25N3O7. The molecule has 3 aromatic carbocycles. The minimum atomic E-state index is -1.11. The second-order valence-corrected chi connectivity index (χ2v) is 8.92. The molecule has 1 amide bonds. The van der Waals surface area contributed by atoms with Crippen molar-refractivity contribution in [3.8, 4) is 11.5 Å². The van der Waals surface area contributed by atoms with Crippen LogP contribution in [0.1, 0.15) is 40.9 Å². The number of Topliss-reactive ketones (excluding diaryl/α,β-unsaturated/α-hetero) is 1. The SMILES string of the molecule is CCCOc1ccc(/C(O)=C2\C(=O)C(=O)N(c3nc4ccc(C(=O)O)cc4[nH]3)C2c2cccc(OC)c2)cc1. The lowest BCUT2D eigenvalue weighted by Crippen LogP contribution is -2.30. The van der Waals surface area contributed by atoms with Crippen molar-refractivity contribution >= 4 is 40.4 Å². The Kier molecular flexibility index (Phi) is 6.76. The lowest BCUT2D eigenvalue weighted by atomic mass is 9.95. The number of aromatic nitrogens is 2. The van der Waals surface area contributed by atoms with Gasteiger partial charge in [0.25, 0.3) is 5.78 Å². The molecule has 4 aromatic rings. The van der Waals surface area contributed by atoms with Gasteiger partial charge < -0.3 is 24.7 Å². The molecular weight excluding hydrogens is 502 g/mol. The second-order valence-electron chi connectivity index (χ2n) is 8.92. The van der Waals surface area contributed by atoms with E-state index in [0.29, 0.717) is 40.3 Å². The molecule has 10 nitrogen and oxygen atoms in total. The molecule has 198 valence electrons. The third kappa shape index (κ3) is 4.68. The average Bonchev–Trinajstić information content (AvgIpc) is 3.49. The van der Waals surface area contributed by atoms with Crippen molar-refractivity contribution in [3.63, 3.8) is 0 Å². The van der Waals surface area contributed by atoms with Crippen LogP contribution in [0.5, 0.6) is 11.5 Å². The molecule has 39 heavy (non-hydrogen) atoms. The largest absolute Gasteiger partial charge is 0.507 e. The summed E-state index contributed by atoms with van der Waals surface area (Å²) in [5, 5.41) is 20.7. The van der Waals surface area contributed by atoms with Crippen LogP contribution in [0.15, 0.2) is 72.3 Å². The first-order valence-electron chi connectivity index (χ1n) is 12.2. The van der Waals surface area contributed by atoms with E-state index in [-0.39, 0.29) is 22.8 Å². The third-order valence-electron chi connectivity index (χ3n) is 6.40. The lowest BCUT2D eigenvalue weighted by molar-refractivity contribution is -0.132. The van der Waals surface area contributed by atoms with Gasteiger partial charge >= 0.3 is 11.9 Å². The van der Waals surface area contributed by atoms with Gasteiger partial charge in [0.1, 0.15) is 17.3 Å². The molecule has 1 aromatic heterocycles. The van der Waals surface area contributed by atoms with Crippen LogP contribution < -0.4 is 14.4 Å². The number of carboxylic acid groups (broad SMARTS) is 1. The summed E-state index contributed by atoms with van der Waals surface area (Å²) < 4.78 is 11.0. The molecule has 1 unspecified atom stereocenters. The Bertz CT molecular complexity index is 1620. The number of ether oxygens (including phenoxy) is 2. The number of hydrogen-bond donors (Lipinski definition) is 3. The van der Waals surface area contributed by atoms with Gasteiger partial charge in [0.05, 0.1) is 41.9 Å². The molecule has 1 fully saturated rings. The number of amides is 1. The maximum Gasteiger partial charge on any atom is 0.335 e. The number of methoxy groups -OCH3 is 1. The number of ketones is 1. The van der Waals surface area contributed by atoms with Crippen LogP contribution in [0.3, 0.4) is 0 Å². The number of aromatic carboxylic acids is 1. The van der Waals surface area contributed by atoms with Gasteiger partial charge in [-0.2, -0.15) is 0 Å². The number of carbonyl (C=O) groups is 3.